The van der Waals surface area contributed by atoms with Gasteiger partial charge >= 0.3 is 0 Å². The standard InChI is InChI=1S/C25H27N5O2/c1-31-23-9-3-2-7-21(23)22-8-6-10-24-27-25(28-30(22)24)26-19-11-13-20(14-12-19)32-18-17-29-15-4-5-16-29/h2-3,6-14H,4-5,15-18H2,1H3,(H,26,28). The van der Waals surface area contributed by atoms with Crippen LogP contribution < -0.4 is 14.8 Å². The number of methoxy groups -OCH3 is 1. The van der Waals surface area contributed by atoms with E-state index in [0.29, 0.717) is 12.6 Å². The van der Waals surface area contributed by atoms with Crippen LogP contribution >= 0.6 is 0 Å². The number of nitrogens with zero attached hydrogens (tertiary/aromatic N) is 4. The maximum Gasteiger partial charge on any atom is 0.247 e. The Kier molecular flexibility index (Phi) is 5.89. The zero-order valence-corrected chi connectivity index (χ0v) is 18.2. The van der Waals surface area contributed by atoms with Crippen LogP contribution in [-0.2, 0) is 0 Å². The van der Waals surface area contributed by atoms with Crippen molar-refractivity contribution in [3.8, 4) is 22.8 Å². The van der Waals surface area contributed by atoms with Crippen LogP contribution in [0.3, 0.4) is 0 Å². The summed E-state index contributed by atoms with van der Waals surface area (Å²) in [5, 5.41) is 7.97. The molecule has 0 unspecified atom stereocenters. The molecule has 1 saturated heterocycles. The van der Waals surface area contributed by atoms with Gasteiger partial charge in [-0.3, -0.25) is 4.90 Å². The summed E-state index contributed by atoms with van der Waals surface area (Å²) >= 11 is 0. The largest absolute Gasteiger partial charge is 0.496 e. The second-order valence-corrected chi connectivity index (χ2v) is 7.86. The van der Waals surface area contributed by atoms with E-state index >= 15 is 0 Å². The Morgan fingerprint density at radius 3 is 2.56 bits per heavy atom. The molecule has 0 aliphatic carbocycles. The number of likely N-dealkylation sites (tertiary alicyclic amines) is 1. The van der Waals surface area contributed by atoms with Crippen LogP contribution in [0.25, 0.3) is 16.9 Å². The van der Waals surface area contributed by atoms with E-state index in [4.69, 9.17) is 9.47 Å². The van der Waals surface area contributed by atoms with Crippen molar-refractivity contribution in [2.75, 3.05) is 38.7 Å². The lowest BCUT2D eigenvalue weighted by Crippen LogP contribution is -2.25. The first-order valence-corrected chi connectivity index (χ1v) is 11.0. The molecule has 5 rings (SSSR count). The second-order valence-electron chi connectivity index (χ2n) is 7.86. The van der Waals surface area contributed by atoms with Crippen molar-refractivity contribution >= 4 is 17.3 Å². The molecule has 0 spiro atoms. The minimum atomic E-state index is 0.537. The fourth-order valence-corrected chi connectivity index (χ4v) is 4.08. The lowest BCUT2D eigenvalue weighted by Gasteiger charge is -2.15. The van der Waals surface area contributed by atoms with E-state index in [1.807, 2.05) is 71.2 Å². The number of ether oxygens (including phenoxy) is 2. The fourth-order valence-electron chi connectivity index (χ4n) is 4.08. The normalized spacial score (nSPS) is 14.0. The topological polar surface area (TPSA) is 63.9 Å². The van der Waals surface area contributed by atoms with Gasteiger partial charge in [0.2, 0.25) is 5.95 Å². The quantitative estimate of drug-likeness (QED) is 0.441. The molecule has 32 heavy (non-hydrogen) atoms. The molecule has 1 fully saturated rings. The van der Waals surface area contributed by atoms with Crippen LogP contribution in [0.15, 0.2) is 66.7 Å². The summed E-state index contributed by atoms with van der Waals surface area (Å²) in [6.07, 6.45) is 2.61. The molecule has 2 aromatic heterocycles. The Morgan fingerprint density at radius 2 is 1.75 bits per heavy atom. The fraction of sp³-hybridized carbons (Fsp3) is 0.280. The zero-order valence-electron chi connectivity index (χ0n) is 18.2. The molecule has 2 aromatic carbocycles. The third-order valence-corrected chi connectivity index (χ3v) is 5.73. The van der Waals surface area contributed by atoms with Gasteiger partial charge in [0.25, 0.3) is 0 Å². The van der Waals surface area contributed by atoms with Crippen molar-refractivity contribution in [2.24, 2.45) is 0 Å². The number of hydrogen-bond donors (Lipinski definition) is 1. The van der Waals surface area contributed by atoms with Gasteiger partial charge in [0.05, 0.1) is 12.8 Å². The van der Waals surface area contributed by atoms with Crippen LogP contribution in [0.1, 0.15) is 12.8 Å². The Hall–Kier alpha value is -3.58. The molecule has 7 heteroatoms. The number of fused-ring (bicyclic) bond motifs is 1. The van der Waals surface area contributed by atoms with Crippen LogP contribution in [0.5, 0.6) is 11.5 Å². The van der Waals surface area contributed by atoms with Gasteiger partial charge in [-0.15, -0.1) is 5.10 Å². The van der Waals surface area contributed by atoms with Gasteiger partial charge in [-0.05, 0) is 74.5 Å². The summed E-state index contributed by atoms with van der Waals surface area (Å²) in [5.74, 6) is 2.21. The number of rotatable bonds is 8. The van der Waals surface area contributed by atoms with E-state index in [1.54, 1.807) is 7.11 Å². The van der Waals surface area contributed by atoms with Crippen molar-refractivity contribution in [1.82, 2.24) is 19.5 Å². The molecule has 3 heterocycles. The highest BCUT2D eigenvalue weighted by Gasteiger charge is 2.13. The van der Waals surface area contributed by atoms with Crippen molar-refractivity contribution in [3.05, 3.63) is 66.7 Å². The maximum absolute atomic E-state index is 5.89. The number of anilines is 2. The first kappa shape index (κ1) is 20.3. The molecule has 0 atom stereocenters. The molecule has 0 bridgehead atoms. The van der Waals surface area contributed by atoms with Gasteiger partial charge in [0.1, 0.15) is 18.1 Å². The molecule has 1 aliphatic rings. The van der Waals surface area contributed by atoms with Crippen molar-refractivity contribution in [1.29, 1.82) is 0 Å². The summed E-state index contributed by atoms with van der Waals surface area (Å²) in [6, 6.07) is 21.7. The first-order chi connectivity index (χ1) is 15.8. The number of hydrogen-bond acceptors (Lipinski definition) is 6. The molecule has 1 N–H and O–H groups in total. The minimum Gasteiger partial charge on any atom is -0.496 e. The SMILES string of the molecule is COc1ccccc1-c1cccc2nc(Nc3ccc(OCCN4CCCC4)cc3)nn12. The number of aromatic nitrogens is 3. The third kappa shape index (κ3) is 4.38. The van der Waals surface area contributed by atoms with Gasteiger partial charge in [-0.25, -0.2) is 4.52 Å². The van der Waals surface area contributed by atoms with Crippen molar-refractivity contribution in [3.63, 3.8) is 0 Å². The molecular weight excluding hydrogens is 402 g/mol. The Bertz CT molecular complexity index is 1180. The highest BCUT2D eigenvalue weighted by atomic mass is 16.5. The monoisotopic (exact) mass is 429 g/mol. The summed E-state index contributed by atoms with van der Waals surface area (Å²) < 4.78 is 13.2. The van der Waals surface area contributed by atoms with E-state index in [0.717, 1.165) is 40.6 Å². The average molecular weight is 430 g/mol. The number of nitrogens with one attached hydrogen (secondary N) is 1. The Balaban J connectivity index is 1.29. The summed E-state index contributed by atoms with van der Waals surface area (Å²) in [6.45, 7) is 4.08. The second kappa shape index (κ2) is 9.28. The highest BCUT2D eigenvalue weighted by molar-refractivity contribution is 5.70. The maximum atomic E-state index is 5.89. The van der Waals surface area contributed by atoms with Crippen LogP contribution in [0, 0.1) is 0 Å². The number of para-hydroxylation sites is 1. The molecule has 164 valence electrons. The predicted octanol–water partition coefficient (Wildman–Crippen LogP) is 4.62. The number of benzene rings is 2. The molecular formula is C25H27N5O2. The lowest BCUT2D eigenvalue weighted by molar-refractivity contribution is 0.238. The number of pyridine rings is 1. The molecule has 7 nitrogen and oxygen atoms in total. The molecule has 0 radical (unpaired) electrons. The van der Waals surface area contributed by atoms with Gasteiger partial charge in [-0.1, -0.05) is 18.2 Å². The van der Waals surface area contributed by atoms with Gasteiger partial charge < -0.3 is 14.8 Å². The van der Waals surface area contributed by atoms with Gasteiger partial charge in [0.15, 0.2) is 5.65 Å². The smallest absolute Gasteiger partial charge is 0.247 e. The Morgan fingerprint density at radius 1 is 0.938 bits per heavy atom. The predicted molar refractivity (Wildman–Crippen MR) is 126 cm³/mol. The Labute approximate surface area is 187 Å². The van der Waals surface area contributed by atoms with E-state index in [1.165, 1.54) is 25.9 Å². The van der Waals surface area contributed by atoms with Gasteiger partial charge in [-0.2, -0.15) is 4.98 Å². The minimum absolute atomic E-state index is 0.537. The van der Waals surface area contributed by atoms with E-state index < -0.39 is 0 Å². The van der Waals surface area contributed by atoms with E-state index in [2.05, 4.69) is 20.3 Å². The van der Waals surface area contributed by atoms with E-state index in [9.17, 15) is 0 Å². The zero-order chi connectivity index (χ0) is 21.8. The highest BCUT2D eigenvalue weighted by Crippen LogP contribution is 2.30. The lowest BCUT2D eigenvalue weighted by atomic mass is 10.1. The molecule has 1 aliphatic heterocycles. The van der Waals surface area contributed by atoms with Crippen LogP contribution in [0.4, 0.5) is 11.6 Å². The van der Waals surface area contributed by atoms with Crippen LogP contribution in [0.2, 0.25) is 0 Å². The molecule has 0 amide bonds. The molecule has 0 saturated carbocycles. The van der Waals surface area contributed by atoms with Crippen molar-refractivity contribution < 1.29 is 9.47 Å². The van der Waals surface area contributed by atoms with E-state index in [-0.39, 0.29) is 0 Å². The summed E-state index contributed by atoms with van der Waals surface area (Å²) in [4.78, 5) is 7.08. The van der Waals surface area contributed by atoms with Crippen molar-refractivity contribution in [2.45, 2.75) is 12.8 Å². The first-order valence-electron chi connectivity index (χ1n) is 11.0. The van der Waals surface area contributed by atoms with Gasteiger partial charge in [0, 0.05) is 17.8 Å². The third-order valence-electron chi connectivity index (χ3n) is 5.73. The average Bonchev–Trinajstić information content (AvgIpc) is 3.49. The van der Waals surface area contributed by atoms with Crippen LogP contribution in [-0.4, -0.2) is 52.8 Å². The summed E-state index contributed by atoms with van der Waals surface area (Å²) in [7, 11) is 1.67. The summed E-state index contributed by atoms with van der Waals surface area (Å²) in [5.41, 5.74) is 3.55. The molecule has 4 aromatic rings.